The van der Waals surface area contributed by atoms with Gasteiger partial charge in [-0.15, -0.1) is 11.6 Å². The lowest BCUT2D eigenvalue weighted by Gasteiger charge is -2.04. The fourth-order valence-electron chi connectivity index (χ4n) is 0.248. The van der Waals surface area contributed by atoms with Crippen LogP contribution in [0.5, 0.6) is 0 Å². The van der Waals surface area contributed by atoms with Crippen LogP contribution in [-0.2, 0) is 4.79 Å². The summed E-state index contributed by atoms with van der Waals surface area (Å²) >= 11 is 5.26. The zero-order valence-corrected chi connectivity index (χ0v) is 3.77. The average Bonchev–Trinajstić information content (AvgIpc) is 1.61. The van der Waals surface area contributed by atoms with Crippen molar-refractivity contribution in [2.45, 2.75) is 5.38 Å². The third-order valence-corrected chi connectivity index (χ3v) is 1.06. The first-order chi connectivity index (χ1) is 2.80. The van der Waals surface area contributed by atoms with Crippen LogP contribution in [0.3, 0.4) is 0 Å². The molecule has 1 aliphatic rings. The van der Waals surface area contributed by atoms with Crippen molar-refractivity contribution in [3.8, 4) is 0 Å². The van der Waals surface area contributed by atoms with Gasteiger partial charge in [0.15, 0.2) is 5.78 Å². The van der Waals surface area contributed by atoms with Gasteiger partial charge in [0.1, 0.15) is 5.38 Å². The third-order valence-electron chi connectivity index (χ3n) is 0.701. The smallest absolute Gasteiger partial charge is 0.177 e. The summed E-state index contributed by atoms with van der Waals surface area (Å²) < 4.78 is 0. The Hall–Kier alpha value is -0.300. The minimum absolute atomic E-state index is 0.0247. The van der Waals surface area contributed by atoms with Gasteiger partial charge < -0.3 is 0 Å². The monoisotopic (exact) mass is 102 g/mol. The molecule has 0 spiro atoms. The van der Waals surface area contributed by atoms with Gasteiger partial charge in [0.25, 0.3) is 0 Å². The molecule has 1 nitrogen and oxygen atoms in total. The molecule has 0 heterocycles. The third kappa shape index (κ3) is 0.356. The van der Waals surface area contributed by atoms with E-state index in [9.17, 15) is 4.79 Å². The Morgan fingerprint density at radius 2 is 2.33 bits per heavy atom. The highest BCUT2D eigenvalue weighted by Crippen LogP contribution is 2.08. The lowest BCUT2D eigenvalue weighted by Crippen LogP contribution is -2.16. The Kier molecular flexibility index (Phi) is 0.701. The lowest BCUT2D eigenvalue weighted by atomic mass is 10.1. The predicted octanol–water partition coefficient (Wildman–Crippen LogP) is 0.733. The topological polar surface area (TPSA) is 17.1 Å². The molecule has 1 atom stereocenters. The molecule has 1 aliphatic carbocycles. The van der Waals surface area contributed by atoms with Crippen molar-refractivity contribution in [1.29, 1.82) is 0 Å². The molecular weight excluding hydrogens is 99.5 g/mol. The quantitative estimate of drug-likeness (QED) is 0.412. The minimum atomic E-state index is -0.315. The molecule has 6 heavy (non-hydrogen) atoms. The van der Waals surface area contributed by atoms with Gasteiger partial charge in [-0.25, -0.2) is 0 Å². The summed E-state index contributed by atoms with van der Waals surface area (Å²) in [4.78, 5) is 10.0. The summed E-state index contributed by atoms with van der Waals surface area (Å²) in [7, 11) is 0. The van der Waals surface area contributed by atoms with Crippen LogP contribution in [0.25, 0.3) is 0 Å². The fourth-order valence-corrected chi connectivity index (χ4v) is 0.393. The van der Waals surface area contributed by atoms with E-state index < -0.39 is 0 Å². The summed E-state index contributed by atoms with van der Waals surface area (Å²) in [5.74, 6) is 0.0247. The number of hydrogen-bond acceptors (Lipinski definition) is 1. The van der Waals surface area contributed by atoms with Crippen molar-refractivity contribution in [3.05, 3.63) is 12.2 Å². The molecule has 0 N–H and O–H groups in total. The minimum Gasteiger partial charge on any atom is -0.293 e. The number of halogens is 1. The highest BCUT2D eigenvalue weighted by atomic mass is 35.5. The molecule has 0 amide bonds. The zero-order chi connectivity index (χ0) is 4.57. The number of hydrogen-bond donors (Lipinski definition) is 0. The normalized spacial score (nSPS) is 30.2. The van der Waals surface area contributed by atoms with Crippen LogP contribution in [-0.4, -0.2) is 11.2 Å². The molecule has 32 valence electrons. The van der Waals surface area contributed by atoms with E-state index in [0.29, 0.717) is 0 Å². The van der Waals surface area contributed by atoms with E-state index in [1.807, 2.05) is 0 Å². The van der Waals surface area contributed by atoms with Crippen molar-refractivity contribution in [2.75, 3.05) is 0 Å². The van der Waals surface area contributed by atoms with Crippen LogP contribution in [0.2, 0.25) is 0 Å². The Balaban J connectivity index is 2.67. The van der Waals surface area contributed by atoms with Crippen LogP contribution >= 0.6 is 11.6 Å². The van der Waals surface area contributed by atoms with Gasteiger partial charge in [-0.1, -0.05) is 6.08 Å². The van der Waals surface area contributed by atoms with Gasteiger partial charge in [-0.05, 0) is 6.08 Å². The second-order valence-electron chi connectivity index (χ2n) is 1.16. The van der Waals surface area contributed by atoms with E-state index in [4.69, 9.17) is 11.6 Å². The number of ketones is 1. The molecule has 0 fully saturated rings. The van der Waals surface area contributed by atoms with Gasteiger partial charge in [-0.3, -0.25) is 4.79 Å². The van der Waals surface area contributed by atoms with Crippen LogP contribution in [0.4, 0.5) is 0 Å². The maximum absolute atomic E-state index is 10.0. The molecule has 0 aliphatic heterocycles. The molecule has 0 radical (unpaired) electrons. The molecule has 0 saturated carbocycles. The second-order valence-corrected chi connectivity index (χ2v) is 1.63. The Bertz CT molecular complexity index is 106. The standard InChI is InChI=1S/C4H3ClO/c5-3-1-2-4(3)6/h1-3H. The number of carbonyl (C=O) groups excluding carboxylic acids is 1. The number of alkyl halides is 1. The van der Waals surface area contributed by atoms with Gasteiger partial charge >= 0.3 is 0 Å². The molecule has 0 saturated heterocycles. The molecule has 0 aromatic heterocycles. The number of carbonyl (C=O) groups is 1. The van der Waals surface area contributed by atoms with Crippen LogP contribution < -0.4 is 0 Å². The SMILES string of the molecule is O=C1C=CC1Cl. The highest BCUT2D eigenvalue weighted by Gasteiger charge is 2.15. The Morgan fingerprint density at radius 1 is 1.83 bits per heavy atom. The van der Waals surface area contributed by atoms with Gasteiger partial charge in [0.05, 0.1) is 0 Å². The van der Waals surface area contributed by atoms with Gasteiger partial charge in [-0.2, -0.15) is 0 Å². The Labute approximate surface area is 40.6 Å². The highest BCUT2D eigenvalue weighted by molar-refractivity contribution is 6.37. The summed E-state index contributed by atoms with van der Waals surface area (Å²) in [6.07, 6.45) is 3.13. The molecule has 1 rings (SSSR count). The first kappa shape index (κ1) is 3.88. The predicted molar refractivity (Wildman–Crippen MR) is 23.8 cm³/mol. The van der Waals surface area contributed by atoms with E-state index in [2.05, 4.69) is 0 Å². The molecular formula is C4H3ClO. The number of allylic oxidation sites excluding steroid dienone is 2. The van der Waals surface area contributed by atoms with E-state index in [1.165, 1.54) is 6.08 Å². The van der Waals surface area contributed by atoms with Crippen molar-refractivity contribution in [1.82, 2.24) is 0 Å². The van der Waals surface area contributed by atoms with Crippen LogP contribution in [0, 0.1) is 0 Å². The summed E-state index contributed by atoms with van der Waals surface area (Å²) in [6.45, 7) is 0. The molecule has 0 bridgehead atoms. The van der Waals surface area contributed by atoms with E-state index >= 15 is 0 Å². The number of rotatable bonds is 0. The van der Waals surface area contributed by atoms with Gasteiger partial charge in [0.2, 0.25) is 0 Å². The van der Waals surface area contributed by atoms with E-state index in [0.717, 1.165) is 0 Å². The fraction of sp³-hybridized carbons (Fsp3) is 0.250. The first-order valence-corrected chi connectivity index (χ1v) is 2.10. The van der Waals surface area contributed by atoms with Crippen molar-refractivity contribution >= 4 is 17.4 Å². The largest absolute Gasteiger partial charge is 0.293 e. The van der Waals surface area contributed by atoms with E-state index in [1.54, 1.807) is 6.08 Å². The van der Waals surface area contributed by atoms with Crippen molar-refractivity contribution in [3.63, 3.8) is 0 Å². The van der Waals surface area contributed by atoms with Crippen LogP contribution in [0.15, 0.2) is 12.2 Å². The molecule has 1 unspecified atom stereocenters. The summed E-state index contributed by atoms with van der Waals surface area (Å²) in [5.41, 5.74) is 0. The molecule has 2 heteroatoms. The maximum atomic E-state index is 10.0. The zero-order valence-electron chi connectivity index (χ0n) is 3.02. The van der Waals surface area contributed by atoms with Gasteiger partial charge in [0, 0.05) is 0 Å². The Morgan fingerprint density at radius 3 is 2.33 bits per heavy atom. The van der Waals surface area contributed by atoms with Crippen molar-refractivity contribution in [2.24, 2.45) is 0 Å². The second kappa shape index (κ2) is 1.09. The summed E-state index contributed by atoms with van der Waals surface area (Å²) in [5, 5.41) is -0.315. The first-order valence-electron chi connectivity index (χ1n) is 1.67. The lowest BCUT2D eigenvalue weighted by molar-refractivity contribution is -0.114. The van der Waals surface area contributed by atoms with Crippen LogP contribution in [0.1, 0.15) is 0 Å². The van der Waals surface area contributed by atoms with E-state index in [-0.39, 0.29) is 11.2 Å². The average molecular weight is 103 g/mol. The van der Waals surface area contributed by atoms with Crippen molar-refractivity contribution < 1.29 is 4.79 Å². The molecule has 0 aromatic rings. The summed E-state index contributed by atoms with van der Waals surface area (Å²) in [6, 6.07) is 0. The maximum Gasteiger partial charge on any atom is 0.177 e. The molecule has 0 aromatic carbocycles.